The van der Waals surface area contributed by atoms with Crippen molar-refractivity contribution in [2.45, 2.75) is 194 Å². The molecular weight excluding hydrogens is 963 g/mol. The van der Waals surface area contributed by atoms with Gasteiger partial charge in [0.15, 0.2) is 0 Å². The molecule has 0 aromatic carbocycles. The number of nitrogens with two attached hydrogens (primary N) is 1. The van der Waals surface area contributed by atoms with Crippen LogP contribution >= 0.6 is 0 Å². The van der Waals surface area contributed by atoms with Crippen LogP contribution in [-0.4, -0.2) is 139 Å². The number of unbranched alkanes of at least 4 members (excludes halogenated alkanes) is 11. The van der Waals surface area contributed by atoms with Crippen LogP contribution in [0.3, 0.4) is 0 Å². The molecule has 9 N–H and O–H groups in total. The predicted molar refractivity (Wildman–Crippen MR) is 295 cm³/mol. The first-order valence-corrected chi connectivity index (χ1v) is 28.3. The molecule has 0 aliphatic carbocycles. The number of nitrogens with one attached hydrogen (secondary N) is 7. The molecule has 0 fully saturated rings. The van der Waals surface area contributed by atoms with Gasteiger partial charge in [0.2, 0.25) is 41.4 Å². The second-order valence-corrected chi connectivity index (χ2v) is 21.1. The molecule has 0 saturated carbocycles. The van der Waals surface area contributed by atoms with E-state index in [9.17, 15) is 38.5 Å². The summed E-state index contributed by atoms with van der Waals surface area (Å²) in [5, 5.41) is 23.1. The van der Waals surface area contributed by atoms with Gasteiger partial charge in [0.25, 0.3) is 0 Å². The Morgan fingerprint density at radius 1 is 0.467 bits per heavy atom. The molecule has 0 aliphatic rings. The molecule has 7 amide bonds. The molecule has 0 spiro atoms. The highest BCUT2D eigenvalue weighted by molar-refractivity contribution is 5.87. The Morgan fingerprint density at radius 2 is 0.840 bits per heavy atom. The molecule has 434 valence electrons. The van der Waals surface area contributed by atoms with Crippen molar-refractivity contribution in [3.63, 3.8) is 0 Å². The highest BCUT2D eigenvalue weighted by Crippen LogP contribution is 2.16. The van der Waals surface area contributed by atoms with Gasteiger partial charge in [0.1, 0.15) is 5.54 Å². The van der Waals surface area contributed by atoms with Crippen LogP contribution in [0.2, 0.25) is 0 Å². The summed E-state index contributed by atoms with van der Waals surface area (Å²) in [5.41, 5.74) is 4.31. The smallest absolute Gasteiger partial charge is 0.243 e. The third kappa shape index (κ3) is 48.8. The topological polar surface area (TPSA) is 287 Å². The van der Waals surface area contributed by atoms with Gasteiger partial charge in [-0.15, -0.1) is 0 Å². The Hall–Kier alpha value is -4.53. The number of rotatable bonds is 51. The van der Waals surface area contributed by atoms with Crippen LogP contribution in [0.15, 0.2) is 17.3 Å². The quantitative estimate of drug-likeness (QED) is 0.0200. The SMILES string of the molecule is CC(C)CCCCC(=O)NCCCNC(=O)CCOCC(COCCC(=O)NCCCN)(COCCC(=O)NCCCN=O)NC(=O)CCCCCCCCCCC(=O)NCCCCCCNC(=O)/C=C/C(C)(C)C. The highest BCUT2D eigenvalue weighted by Gasteiger charge is 2.34. The Labute approximate surface area is 450 Å². The molecule has 0 aromatic heterocycles. The van der Waals surface area contributed by atoms with E-state index < -0.39 is 5.54 Å². The van der Waals surface area contributed by atoms with Gasteiger partial charge in [0.05, 0.1) is 46.2 Å². The number of hydrogen-bond acceptors (Lipinski definition) is 13. The second-order valence-electron chi connectivity index (χ2n) is 21.1. The zero-order valence-electron chi connectivity index (χ0n) is 47.1. The van der Waals surface area contributed by atoms with Crippen LogP contribution in [0.25, 0.3) is 0 Å². The lowest BCUT2D eigenvalue weighted by Gasteiger charge is -2.34. The van der Waals surface area contributed by atoms with Crippen LogP contribution < -0.4 is 43.0 Å². The van der Waals surface area contributed by atoms with Crippen molar-refractivity contribution in [1.29, 1.82) is 0 Å². The minimum absolute atomic E-state index is 0.0125. The van der Waals surface area contributed by atoms with E-state index in [-0.39, 0.29) is 119 Å². The first-order valence-electron chi connectivity index (χ1n) is 28.3. The molecular formula is C55H103N9O11. The molecule has 20 heteroatoms. The van der Waals surface area contributed by atoms with Gasteiger partial charge in [-0.2, -0.15) is 4.91 Å². The number of amides is 7. The van der Waals surface area contributed by atoms with E-state index in [2.05, 4.69) is 77.0 Å². The molecule has 0 saturated heterocycles. The Bertz CT molecular complexity index is 1580. The fourth-order valence-corrected chi connectivity index (χ4v) is 7.47. The second kappa shape index (κ2) is 47.9. The van der Waals surface area contributed by atoms with E-state index in [1.807, 2.05) is 6.08 Å². The van der Waals surface area contributed by atoms with Gasteiger partial charge in [-0.3, -0.25) is 33.6 Å². The van der Waals surface area contributed by atoms with Gasteiger partial charge < -0.3 is 57.2 Å². The summed E-state index contributed by atoms with van der Waals surface area (Å²) >= 11 is 0. The lowest BCUT2D eigenvalue weighted by molar-refractivity contribution is -0.130. The van der Waals surface area contributed by atoms with E-state index >= 15 is 0 Å². The van der Waals surface area contributed by atoms with E-state index in [0.29, 0.717) is 90.3 Å². The van der Waals surface area contributed by atoms with Crippen LogP contribution in [-0.2, 0) is 47.8 Å². The summed E-state index contributed by atoms with van der Waals surface area (Å²) in [6.45, 7) is 13.8. The van der Waals surface area contributed by atoms with Crippen molar-refractivity contribution < 1.29 is 47.8 Å². The lowest BCUT2D eigenvalue weighted by Crippen LogP contribution is -2.58. The number of nitrogens with zero attached hydrogens (tertiary/aromatic N) is 1. The Morgan fingerprint density at radius 3 is 1.28 bits per heavy atom. The minimum atomic E-state index is -1.22. The molecule has 0 rings (SSSR count). The summed E-state index contributed by atoms with van der Waals surface area (Å²) in [5.74, 6) is -0.281. The maximum absolute atomic E-state index is 13.6. The van der Waals surface area contributed by atoms with Gasteiger partial charge >= 0.3 is 0 Å². The summed E-state index contributed by atoms with van der Waals surface area (Å²) in [4.78, 5) is 97.8. The maximum Gasteiger partial charge on any atom is 0.243 e. The van der Waals surface area contributed by atoms with E-state index in [0.717, 1.165) is 89.9 Å². The number of carbonyl (C=O) groups is 7. The van der Waals surface area contributed by atoms with Crippen molar-refractivity contribution in [1.82, 2.24) is 37.2 Å². The molecule has 0 aliphatic heterocycles. The van der Waals surface area contributed by atoms with E-state index in [1.165, 1.54) is 0 Å². The van der Waals surface area contributed by atoms with Crippen LogP contribution in [0.1, 0.15) is 189 Å². The van der Waals surface area contributed by atoms with Gasteiger partial charge in [0, 0.05) is 77.8 Å². The standard InChI is InChI=1S/C55H103N9O11/c1-46(2)23-16-17-25-48(66)60-36-21-37-61-51(69)29-41-74-44-55(43-73-40-28-50(68)59-35-20-32-56,45-75-42-30-52(70)62-38-22-39-63-72)64-53(71)26-15-11-9-7-6-8-10-14-24-47(65)57-33-18-12-13-19-34-58-49(67)27-31-54(3,4)5/h27,31,46H,6-26,28-30,32-45,56H2,1-5H3,(H,57,65)(H,58,67)(H,59,68)(H,60,66)(H,61,69)(H,62,70)(H,64,71)/b31-27+. The number of ether oxygens (including phenoxy) is 3. The number of carbonyl (C=O) groups excluding carboxylic acids is 7. The Balaban J connectivity index is 5.03. The Kier molecular flexibility index (Phi) is 45.0. The normalized spacial score (nSPS) is 12.3. The van der Waals surface area contributed by atoms with Crippen molar-refractivity contribution in [3.8, 4) is 0 Å². The summed E-state index contributed by atoms with van der Waals surface area (Å²) < 4.78 is 18.0. The third-order valence-electron chi connectivity index (χ3n) is 11.9. The van der Waals surface area contributed by atoms with Crippen LogP contribution in [0.5, 0.6) is 0 Å². The predicted octanol–water partition coefficient (Wildman–Crippen LogP) is 5.93. The van der Waals surface area contributed by atoms with E-state index in [4.69, 9.17) is 19.9 Å². The van der Waals surface area contributed by atoms with Crippen molar-refractivity contribution in [2.24, 2.45) is 22.2 Å². The summed E-state index contributed by atoms with van der Waals surface area (Å²) in [7, 11) is 0. The minimum Gasteiger partial charge on any atom is -0.378 e. The van der Waals surface area contributed by atoms with Gasteiger partial charge in [-0.25, -0.2) is 0 Å². The summed E-state index contributed by atoms with van der Waals surface area (Å²) in [6, 6.07) is 0. The molecule has 0 bridgehead atoms. The molecule has 0 aromatic rings. The van der Waals surface area contributed by atoms with E-state index in [1.54, 1.807) is 6.08 Å². The van der Waals surface area contributed by atoms with Crippen molar-refractivity contribution in [2.75, 3.05) is 92.0 Å². The third-order valence-corrected chi connectivity index (χ3v) is 11.9. The maximum atomic E-state index is 13.6. The fourth-order valence-electron chi connectivity index (χ4n) is 7.47. The van der Waals surface area contributed by atoms with Crippen molar-refractivity contribution >= 4 is 41.4 Å². The monoisotopic (exact) mass is 1070 g/mol. The zero-order chi connectivity index (χ0) is 55.7. The van der Waals surface area contributed by atoms with Crippen LogP contribution in [0.4, 0.5) is 0 Å². The average Bonchev–Trinajstić information content (AvgIpc) is 3.36. The first kappa shape index (κ1) is 70.5. The molecule has 20 nitrogen and oxygen atoms in total. The molecule has 1 atom stereocenters. The highest BCUT2D eigenvalue weighted by atomic mass is 16.5. The lowest BCUT2D eigenvalue weighted by atomic mass is 9.96. The molecule has 75 heavy (non-hydrogen) atoms. The molecule has 0 radical (unpaired) electrons. The molecule has 0 heterocycles. The average molecular weight is 1070 g/mol. The first-order chi connectivity index (χ1) is 36.0. The number of nitroso groups, excluding NO2 is 1. The molecule has 1 unspecified atom stereocenters. The number of allylic oxidation sites excluding steroid dienone is 1. The summed E-state index contributed by atoms with van der Waals surface area (Å²) in [6.07, 6.45) is 20.8. The number of hydrogen-bond donors (Lipinski definition) is 8. The zero-order valence-corrected chi connectivity index (χ0v) is 47.1. The largest absolute Gasteiger partial charge is 0.378 e. The van der Waals surface area contributed by atoms with Gasteiger partial charge in [-0.05, 0) is 75.3 Å². The van der Waals surface area contributed by atoms with Crippen LogP contribution in [0, 0.1) is 16.2 Å². The van der Waals surface area contributed by atoms with Gasteiger partial charge in [-0.1, -0.05) is 110 Å². The fraction of sp³-hybridized carbons (Fsp3) is 0.836. The van der Waals surface area contributed by atoms with Crippen molar-refractivity contribution in [3.05, 3.63) is 17.1 Å².